The number of rotatable bonds is 6. The number of aromatic nitrogens is 2. The number of halogens is 1. The molecule has 0 saturated carbocycles. The fourth-order valence-corrected chi connectivity index (χ4v) is 3.59. The van der Waals surface area contributed by atoms with Crippen molar-refractivity contribution in [3.63, 3.8) is 0 Å². The van der Waals surface area contributed by atoms with E-state index < -0.39 is 0 Å². The van der Waals surface area contributed by atoms with Crippen molar-refractivity contribution in [2.75, 3.05) is 0 Å². The van der Waals surface area contributed by atoms with Gasteiger partial charge in [0.2, 0.25) is 0 Å². The smallest absolute Gasteiger partial charge is 0.282 e. The van der Waals surface area contributed by atoms with Crippen LogP contribution < -0.4 is 10.3 Å². The normalized spacial score (nSPS) is 11.2. The molecule has 0 unspecified atom stereocenters. The van der Waals surface area contributed by atoms with Crippen molar-refractivity contribution in [2.24, 2.45) is 5.10 Å². The van der Waals surface area contributed by atoms with E-state index in [4.69, 9.17) is 9.72 Å². The number of para-hydroxylation sites is 2. The van der Waals surface area contributed by atoms with Gasteiger partial charge < -0.3 is 4.74 Å². The maximum atomic E-state index is 13.3. The maximum Gasteiger partial charge on any atom is 0.282 e. The second-order valence-corrected chi connectivity index (χ2v) is 7.63. The Morgan fingerprint density at radius 1 is 0.853 bits per heavy atom. The van der Waals surface area contributed by atoms with Gasteiger partial charge in [-0.1, -0.05) is 66.7 Å². The molecule has 0 saturated heterocycles. The lowest BCUT2D eigenvalue weighted by Gasteiger charge is -2.11. The molecule has 0 radical (unpaired) electrons. The molecule has 5 aromatic rings. The van der Waals surface area contributed by atoms with Crippen LogP contribution in [-0.4, -0.2) is 15.9 Å². The molecule has 0 amide bonds. The van der Waals surface area contributed by atoms with Crippen LogP contribution in [0.5, 0.6) is 5.75 Å². The largest absolute Gasteiger partial charge is 0.488 e. The number of fused-ring (bicyclic) bond motifs is 1. The Morgan fingerprint density at radius 2 is 1.56 bits per heavy atom. The molecule has 0 aliphatic heterocycles. The average Bonchev–Trinajstić information content (AvgIpc) is 2.89. The molecule has 0 fully saturated rings. The lowest BCUT2D eigenvalue weighted by molar-refractivity contribution is 0.305. The van der Waals surface area contributed by atoms with Gasteiger partial charge in [-0.15, -0.1) is 0 Å². The Bertz CT molecular complexity index is 1530. The number of ether oxygens (including phenoxy) is 1. The zero-order valence-electron chi connectivity index (χ0n) is 18.1. The molecule has 0 aliphatic carbocycles. The molecule has 0 bridgehead atoms. The lowest BCUT2D eigenvalue weighted by atomic mass is 10.2. The first-order valence-electron chi connectivity index (χ1n) is 10.8. The quantitative estimate of drug-likeness (QED) is 0.314. The Labute approximate surface area is 195 Å². The van der Waals surface area contributed by atoms with Crippen molar-refractivity contribution in [3.05, 3.63) is 130 Å². The van der Waals surface area contributed by atoms with Gasteiger partial charge in [0.15, 0.2) is 5.82 Å². The molecule has 0 N–H and O–H groups in total. The van der Waals surface area contributed by atoms with Gasteiger partial charge in [-0.25, -0.2) is 9.37 Å². The van der Waals surface area contributed by atoms with Crippen LogP contribution in [0.3, 0.4) is 0 Å². The highest BCUT2D eigenvalue weighted by Gasteiger charge is 2.12. The van der Waals surface area contributed by atoms with E-state index >= 15 is 0 Å². The summed E-state index contributed by atoms with van der Waals surface area (Å²) in [4.78, 5) is 18.0. The molecular formula is C28H20FN3O2. The van der Waals surface area contributed by atoms with Crippen molar-refractivity contribution >= 4 is 17.1 Å². The van der Waals surface area contributed by atoms with Crippen molar-refractivity contribution in [3.8, 4) is 17.1 Å². The molecule has 4 aromatic carbocycles. The molecule has 5 nitrogen and oxygen atoms in total. The Hall–Kier alpha value is -4.58. The van der Waals surface area contributed by atoms with E-state index in [9.17, 15) is 9.18 Å². The molecule has 0 atom stereocenters. The van der Waals surface area contributed by atoms with Gasteiger partial charge in [-0.2, -0.15) is 9.78 Å². The minimum absolute atomic E-state index is 0.259. The van der Waals surface area contributed by atoms with Gasteiger partial charge in [-0.3, -0.25) is 4.79 Å². The van der Waals surface area contributed by atoms with E-state index in [1.165, 1.54) is 16.8 Å². The monoisotopic (exact) mass is 449 g/mol. The first-order chi connectivity index (χ1) is 16.7. The van der Waals surface area contributed by atoms with Crippen LogP contribution in [0.4, 0.5) is 4.39 Å². The van der Waals surface area contributed by atoms with Gasteiger partial charge in [0, 0.05) is 11.1 Å². The molecule has 1 aromatic heterocycles. The lowest BCUT2D eigenvalue weighted by Crippen LogP contribution is -2.20. The second-order valence-electron chi connectivity index (χ2n) is 7.63. The topological polar surface area (TPSA) is 56.5 Å². The molecule has 34 heavy (non-hydrogen) atoms. The highest BCUT2D eigenvalue weighted by Crippen LogP contribution is 2.20. The summed E-state index contributed by atoms with van der Waals surface area (Å²) < 4.78 is 20.4. The summed E-state index contributed by atoms with van der Waals surface area (Å²) in [7, 11) is 0. The zero-order valence-corrected chi connectivity index (χ0v) is 18.1. The highest BCUT2D eigenvalue weighted by molar-refractivity contribution is 5.84. The summed E-state index contributed by atoms with van der Waals surface area (Å²) >= 11 is 0. The van der Waals surface area contributed by atoms with Gasteiger partial charge in [-0.05, 0) is 42.0 Å². The Kier molecular flexibility index (Phi) is 5.95. The van der Waals surface area contributed by atoms with Crippen LogP contribution in [0.2, 0.25) is 0 Å². The van der Waals surface area contributed by atoms with Gasteiger partial charge >= 0.3 is 0 Å². The zero-order chi connectivity index (χ0) is 23.3. The fourth-order valence-electron chi connectivity index (χ4n) is 3.59. The van der Waals surface area contributed by atoms with E-state index in [0.717, 1.165) is 11.1 Å². The number of benzene rings is 4. The first kappa shape index (κ1) is 21.3. The summed E-state index contributed by atoms with van der Waals surface area (Å²) in [5.41, 5.74) is 2.67. The standard InChI is InChI=1S/C28H20FN3O2/c29-23-16-14-20(15-17-23)19-34-26-13-7-4-10-22(26)18-30-32-27(21-8-2-1-3-9-21)31-25-12-6-5-11-24(25)28(32)33/h1-18H,19H2. The van der Waals surface area contributed by atoms with Crippen LogP contribution in [0, 0.1) is 5.82 Å². The molecule has 0 aliphatic rings. The van der Waals surface area contributed by atoms with Crippen LogP contribution >= 0.6 is 0 Å². The van der Waals surface area contributed by atoms with E-state index in [0.29, 0.717) is 28.0 Å². The van der Waals surface area contributed by atoms with E-state index in [2.05, 4.69) is 5.10 Å². The van der Waals surface area contributed by atoms with Crippen molar-refractivity contribution in [1.82, 2.24) is 9.66 Å². The third-order valence-electron chi connectivity index (χ3n) is 5.32. The summed E-state index contributed by atoms with van der Waals surface area (Å²) in [6.07, 6.45) is 1.59. The van der Waals surface area contributed by atoms with Crippen molar-refractivity contribution in [2.45, 2.75) is 6.61 Å². The van der Waals surface area contributed by atoms with E-state index in [1.54, 1.807) is 30.5 Å². The molecular weight excluding hydrogens is 429 g/mol. The number of hydrogen-bond donors (Lipinski definition) is 0. The average molecular weight is 449 g/mol. The van der Waals surface area contributed by atoms with E-state index in [1.807, 2.05) is 66.7 Å². The van der Waals surface area contributed by atoms with Gasteiger partial charge in [0.05, 0.1) is 17.1 Å². The third kappa shape index (κ3) is 4.47. The highest BCUT2D eigenvalue weighted by atomic mass is 19.1. The summed E-state index contributed by atoms with van der Waals surface area (Å²) in [6, 6.07) is 30.2. The molecule has 166 valence electrons. The third-order valence-corrected chi connectivity index (χ3v) is 5.32. The van der Waals surface area contributed by atoms with Crippen LogP contribution in [0.1, 0.15) is 11.1 Å². The first-order valence-corrected chi connectivity index (χ1v) is 10.8. The SMILES string of the molecule is O=c1c2ccccc2nc(-c2ccccc2)n1N=Cc1ccccc1OCc1ccc(F)cc1. The van der Waals surface area contributed by atoms with Crippen molar-refractivity contribution < 1.29 is 9.13 Å². The summed E-state index contributed by atoms with van der Waals surface area (Å²) in [5.74, 6) is 0.754. The summed E-state index contributed by atoms with van der Waals surface area (Å²) in [6.45, 7) is 0.276. The molecule has 1 heterocycles. The molecule has 6 heteroatoms. The van der Waals surface area contributed by atoms with Crippen LogP contribution in [0.15, 0.2) is 113 Å². The fraction of sp³-hybridized carbons (Fsp3) is 0.0357. The minimum atomic E-state index is -0.292. The predicted molar refractivity (Wildman–Crippen MR) is 132 cm³/mol. The van der Waals surface area contributed by atoms with Gasteiger partial charge in [0.1, 0.15) is 18.2 Å². The number of nitrogens with zero attached hydrogens (tertiary/aromatic N) is 3. The van der Waals surface area contributed by atoms with Crippen molar-refractivity contribution in [1.29, 1.82) is 0 Å². The minimum Gasteiger partial charge on any atom is -0.488 e. The predicted octanol–water partition coefficient (Wildman–Crippen LogP) is 5.66. The van der Waals surface area contributed by atoms with Crippen LogP contribution in [-0.2, 0) is 6.61 Å². The number of hydrogen-bond acceptors (Lipinski definition) is 4. The van der Waals surface area contributed by atoms with Gasteiger partial charge in [0.25, 0.3) is 5.56 Å². The second kappa shape index (κ2) is 9.50. The maximum absolute atomic E-state index is 13.3. The molecule has 0 spiro atoms. The van der Waals surface area contributed by atoms with Crippen LogP contribution in [0.25, 0.3) is 22.3 Å². The molecule has 5 rings (SSSR count). The Morgan fingerprint density at radius 3 is 2.38 bits per heavy atom. The summed E-state index contributed by atoms with van der Waals surface area (Å²) in [5, 5.41) is 5.00. The Balaban J connectivity index is 1.53. The van der Waals surface area contributed by atoms with E-state index in [-0.39, 0.29) is 18.0 Å².